The van der Waals surface area contributed by atoms with E-state index in [-0.39, 0.29) is 5.75 Å². The van der Waals surface area contributed by atoms with E-state index in [0.717, 1.165) is 12.0 Å². The number of hydrogen-bond donors (Lipinski definition) is 0. The normalized spacial score (nSPS) is 15.2. The molecule has 0 bridgehead atoms. The topological polar surface area (TPSA) is 34.1 Å². The third kappa shape index (κ3) is 2.78. The predicted molar refractivity (Wildman–Crippen MR) is 72.7 cm³/mol. The molecule has 0 heterocycles. The number of unbranched alkanes of at least 4 members (excludes halogenated alkanes) is 1. The summed E-state index contributed by atoms with van der Waals surface area (Å²) in [5, 5.41) is 0. The molecule has 94 valence electrons. The molecular formula is C14H20O2S. The molecule has 0 spiro atoms. The summed E-state index contributed by atoms with van der Waals surface area (Å²) in [6, 6.07) is 9.26. The highest BCUT2D eigenvalue weighted by Crippen LogP contribution is 2.32. The second-order valence-corrected chi connectivity index (χ2v) is 6.84. The molecule has 17 heavy (non-hydrogen) atoms. The third-order valence-corrected chi connectivity index (χ3v) is 5.67. The van der Waals surface area contributed by atoms with Crippen molar-refractivity contribution in [2.75, 3.05) is 5.75 Å². The van der Waals surface area contributed by atoms with Gasteiger partial charge in [0.2, 0.25) is 0 Å². The summed E-state index contributed by atoms with van der Waals surface area (Å²) in [6.07, 6.45) is 3.10. The van der Waals surface area contributed by atoms with E-state index < -0.39 is 14.6 Å². The Bertz CT molecular complexity index is 462. The Morgan fingerprint density at radius 3 is 2.35 bits per heavy atom. The lowest BCUT2D eigenvalue weighted by molar-refractivity contribution is 0.565. The Kier molecular flexibility index (Phi) is 4.52. The van der Waals surface area contributed by atoms with Crippen molar-refractivity contribution in [3.8, 4) is 0 Å². The summed E-state index contributed by atoms with van der Waals surface area (Å²) < 4.78 is 23.8. The van der Waals surface area contributed by atoms with Gasteiger partial charge in [-0.2, -0.15) is 0 Å². The maximum absolute atomic E-state index is 12.4. The van der Waals surface area contributed by atoms with Crippen molar-refractivity contribution < 1.29 is 8.42 Å². The number of hydrogen-bond acceptors (Lipinski definition) is 2. The van der Waals surface area contributed by atoms with E-state index in [1.165, 1.54) is 6.08 Å². The summed E-state index contributed by atoms with van der Waals surface area (Å²) in [5.41, 5.74) is 0.783. The highest BCUT2D eigenvalue weighted by molar-refractivity contribution is 7.92. The SMILES string of the molecule is C=C[C@@](C)(c1ccccc1)S(=O)(=O)CCCC. The van der Waals surface area contributed by atoms with Crippen molar-refractivity contribution in [2.45, 2.75) is 31.4 Å². The Balaban J connectivity index is 3.17. The molecule has 0 aliphatic carbocycles. The molecule has 0 aliphatic rings. The molecule has 1 aromatic rings. The van der Waals surface area contributed by atoms with E-state index in [9.17, 15) is 8.42 Å². The molecule has 0 radical (unpaired) electrons. The molecule has 1 rings (SSSR count). The Labute approximate surface area is 104 Å². The first-order valence-corrected chi connectivity index (χ1v) is 7.54. The fourth-order valence-corrected chi connectivity index (χ4v) is 3.58. The van der Waals surface area contributed by atoms with Crippen LogP contribution in [0.2, 0.25) is 0 Å². The largest absolute Gasteiger partial charge is 0.228 e. The predicted octanol–water partition coefficient (Wildman–Crippen LogP) is 3.30. The molecule has 0 unspecified atom stereocenters. The van der Waals surface area contributed by atoms with Crippen LogP contribution in [0.4, 0.5) is 0 Å². The van der Waals surface area contributed by atoms with Gasteiger partial charge in [0.25, 0.3) is 0 Å². The van der Waals surface area contributed by atoms with Crippen LogP contribution in [0.15, 0.2) is 43.0 Å². The highest BCUT2D eigenvalue weighted by atomic mass is 32.2. The smallest absolute Gasteiger partial charge is 0.163 e. The number of sulfone groups is 1. The van der Waals surface area contributed by atoms with Crippen LogP contribution in [0.1, 0.15) is 32.3 Å². The van der Waals surface area contributed by atoms with Gasteiger partial charge < -0.3 is 0 Å². The van der Waals surface area contributed by atoms with E-state index >= 15 is 0 Å². The first-order chi connectivity index (χ1) is 7.98. The van der Waals surface area contributed by atoms with E-state index in [2.05, 4.69) is 6.58 Å². The molecule has 1 aromatic carbocycles. The van der Waals surface area contributed by atoms with Crippen LogP contribution in [-0.2, 0) is 14.6 Å². The van der Waals surface area contributed by atoms with Crippen molar-refractivity contribution in [1.29, 1.82) is 0 Å². The summed E-state index contributed by atoms with van der Waals surface area (Å²) in [5.74, 6) is 0.209. The van der Waals surface area contributed by atoms with Crippen LogP contribution >= 0.6 is 0 Å². The van der Waals surface area contributed by atoms with Gasteiger partial charge in [0.15, 0.2) is 9.84 Å². The van der Waals surface area contributed by atoms with Crippen LogP contribution < -0.4 is 0 Å². The summed E-state index contributed by atoms with van der Waals surface area (Å²) in [7, 11) is -3.21. The average Bonchev–Trinajstić information content (AvgIpc) is 2.36. The fraction of sp³-hybridized carbons (Fsp3) is 0.429. The zero-order valence-corrected chi connectivity index (χ0v) is 11.3. The molecule has 3 heteroatoms. The molecule has 0 N–H and O–H groups in total. The number of rotatable bonds is 6. The first kappa shape index (κ1) is 14.0. The minimum absolute atomic E-state index is 0.209. The summed E-state index contributed by atoms with van der Waals surface area (Å²) in [4.78, 5) is 0. The zero-order chi connectivity index (χ0) is 12.9. The van der Waals surface area contributed by atoms with Gasteiger partial charge in [-0.1, -0.05) is 49.8 Å². The van der Waals surface area contributed by atoms with Crippen molar-refractivity contribution >= 4 is 9.84 Å². The quantitative estimate of drug-likeness (QED) is 0.728. The van der Waals surface area contributed by atoms with E-state index in [1.54, 1.807) is 6.92 Å². The summed E-state index contributed by atoms with van der Waals surface area (Å²) >= 11 is 0. The maximum Gasteiger partial charge on any atom is 0.163 e. The number of benzene rings is 1. The standard InChI is InChI=1S/C14H20O2S/c1-4-6-12-17(15,16)14(3,5-2)13-10-8-7-9-11-13/h5,7-11H,2,4,6,12H2,1,3H3/t14-/m0/s1. The van der Waals surface area contributed by atoms with E-state index in [1.807, 2.05) is 37.3 Å². The molecule has 0 aromatic heterocycles. The van der Waals surface area contributed by atoms with Gasteiger partial charge in [-0.25, -0.2) is 8.42 Å². The Morgan fingerprint density at radius 2 is 1.88 bits per heavy atom. The molecule has 0 fully saturated rings. The minimum atomic E-state index is -3.21. The maximum atomic E-state index is 12.4. The molecule has 0 saturated heterocycles. The molecular weight excluding hydrogens is 232 g/mol. The van der Waals surface area contributed by atoms with Crippen LogP contribution in [0.3, 0.4) is 0 Å². The minimum Gasteiger partial charge on any atom is -0.228 e. The second kappa shape index (κ2) is 5.50. The van der Waals surface area contributed by atoms with Crippen LogP contribution in [0.5, 0.6) is 0 Å². The Hall–Kier alpha value is -1.09. The zero-order valence-electron chi connectivity index (χ0n) is 10.5. The Morgan fingerprint density at radius 1 is 1.29 bits per heavy atom. The van der Waals surface area contributed by atoms with Gasteiger partial charge in [-0.15, -0.1) is 6.58 Å². The molecule has 0 amide bonds. The van der Waals surface area contributed by atoms with E-state index in [4.69, 9.17) is 0 Å². The van der Waals surface area contributed by atoms with Crippen LogP contribution in [-0.4, -0.2) is 14.2 Å². The third-order valence-electron chi connectivity index (χ3n) is 3.15. The van der Waals surface area contributed by atoms with Crippen molar-refractivity contribution in [3.05, 3.63) is 48.6 Å². The van der Waals surface area contributed by atoms with Crippen molar-refractivity contribution in [3.63, 3.8) is 0 Å². The molecule has 1 atom stereocenters. The van der Waals surface area contributed by atoms with E-state index in [0.29, 0.717) is 6.42 Å². The lowest BCUT2D eigenvalue weighted by Crippen LogP contribution is -2.32. The monoisotopic (exact) mass is 252 g/mol. The lowest BCUT2D eigenvalue weighted by Gasteiger charge is -2.26. The van der Waals surface area contributed by atoms with Gasteiger partial charge >= 0.3 is 0 Å². The van der Waals surface area contributed by atoms with Gasteiger partial charge in [-0.3, -0.25) is 0 Å². The molecule has 0 aliphatic heterocycles. The molecule has 0 saturated carbocycles. The van der Waals surface area contributed by atoms with Gasteiger partial charge in [-0.05, 0) is 18.9 Å². The van der Waals surface area contributed by atoms with Crippen molar-refractivity contribution in [2.24, 2.45) is 0 Å². The van der Waals surface area contributed by atoms with Gasteiger partial charge in [0.1, 0.15) is 4.75 Å². The van der Waals surface area contributed by atoms with Gasteiger partial charge in [0, 0.05) is 0 Å². The fourth-order valence-electron chi connectivity index (χ4n) is 1.74. The van der Waals surface area contributed by atoms with Crippen LogP contribution in [0, 0.1) is 0 Å². The highest BCUT2D eigenvalue weighted by Gasteiger charge is 2.37. The van der Waals surface area contributed by atoms with Crippen LogP contribution in [0.25, 0.3) is 0 Å². The summed E-state index contributed by atoms with van der Waals surface area (Å²) in [6.45, 7) is 7.42. The average molecular weight is 252 g/mol. The molecule has 2 nitrogen and oxygen atoms in total. The lowest BCUT2D eigenvalue weighted by atomic mass is 10.0. The first-order valence-electron chi connectivity index (χ1n) is 5.89. The second-order valence-electron chi connectivity index (χ2n) is 4.35. The van der Waals surface area contributed by atoms with Gasteiger partial charge in [0.05, 0.1) is 5.75 Å². The van der Waals surface area contributed by atoms with Crippen molar-refractivity contribution in [1.82, 2.24) is 0 Å².